The number of nitrogens with one attached hydrogen (secondary N) is 2. The molecule has 0 spiro atoms. The first kappa shape index (κ1) is 24.4. The lowest BCUT2D eigenvalue weighted by atomic mass is 10.0. The Hall–Kier alpha value is -2.61. The van der Waals surface area contributed by atoms with Gasteiger partial charge in [0, 0.05) is 0 Å². The molecular formula is C21H33N3O5. The average molecular weight is 408 g/mol. The lowest BCUT2D eigenvalue weighted by Gasteiger charge is -2.24. The molecule has 8 nitrogen and oxygen atoms in total. The molecule has 2 amide bonds. The van der Waals surface area contributed by atoms with Crippen LogP contribution < -0.4 is 10.6 Å². The highest BCUT2D eigenvalue weighted by Gasteiger charge is 2.28. The first-order valence-corrected chi connectivity index (χ1v) is 9.85. The molecule has 0 fully saturated rings. The number of rotatable bonds is 12. The summed E-state index contributed by atoms with van der Waals surface area (Å²) in [5, 5.41) is 14.5. The molecule has 0 unspecified atom stereocenters. The average Bonchev–Trinajstić information content (AvgIpc) is 2.66. The Morgan fingerprint density at radius 3 is 2.28 bits per heavy atom. The number of amides is 2. The topological polar surface area (TPSA) is 108 Å². The van der Waals surface area contributed by atoms with E-state index in [1.165, 1.54) is 0 Å². The molecule has 0 saturated carbocycles. The Labute approximate surface area is 172 Å². The fourth-order valence-corrected chi connectivity index (χ4v) is 2.72. The molecule has 0 aliphatic rings. The van der Waals surface area contributed by atoms with Crippen LogP contribution >= 0.6 is 0 Å². The summed E-state index contributed by atoms with van der Waals surface area (Å²) in [4.78, 5) is 38.2. The van der Waals surface area contributed by atoms with E-state index in [-0.39, 0.29) is 12.5 Å². The highest BCUT2D eigenvalue weighted by atomic mass is 16.5. The van der Waals surface area contributed by atoms with Crippen LogP contribution in [0.1, 0.15) is 38.7 Å². The van der Waals surface area contributed by atoms with Crippen molar-refractivity contribution in [2.45, 2.75) is 51.8 Å². The maximum atomic E-state index is 12.6. The molecule has 1 aromatic carbocycles. The summed E-state index contributed by atoms with van der Waals surface area (Å²) in [5.74, 6) is -1.85. The minimum Gasteiger partial charge on any atom is -0.480 e. The lowest BCUT2D eigenvalue weighted by Crippen LogP contribution is -2.53. The van der Waals surface area contributed by atoms with Crippen LogP contribution in [0.2, 0.25) is 0 Å². The van der Waals surface area contributed by atoms with Crippen LogP contribution in [0.25, 0.3) is 0 Å². The van der Waals surface area contributed by atoms with Gasteiger partial charge in [0.1, 0.15) is 18.7 Å². The van der Waals surface area contributed by atoms with E-state index in [1.807, 2.05) is 49.3 Å². The molecule has 0 aliphatic carbocycles. The second-order valence-corrected chi connectivity index (χ2v) is 7.63. The fourth-order valence-electron chi connectivity index (χ4n) is 2.72. The van der Waals surface area contributed by atoms with Crippen molar-refractivity contribution in [1.82, 2.24) is 15.5 Å². The van der Waals surface area contributed by atoms with Gasteiger partial charge in [-0.3, -0.25) is 4.79 Å². The predicted octanol–water partition coefficient (Wildman–Crippen LogP) is 2.24. The van der Waals surface area contributed by atoms with Crippen LogP contribution in [0.15, 0.2) is 30.3 Å². The number of benzene rings is 1. The Bertz CT molecular complexity index is 649. The van der Waals surface area contributed by atoms with Gasteiger partial charge in [-0.15, -0.1) is 0 Å². The van der Waals surface area contributed by atoms with Gasteiger partial charge in [-0.1, -0.05) is 44.2 Å². The van der Waals surface area contributed by atoms with Gasteiger partial charge < -0.3 is 25.4 Å². The third-order valence-corrected chi connectivity index (χ3v) is 4.40. The van der Waals surface area contributed by atoms with Gasteiger partial charge in [-0.05, 0) is 51.4 Å². The smallest absolute Gasteiger partial charge is 0.408 e. The molecule has 3 N–H and O–H groups in total. The van der Waals surface area contributed by atoms with E-state index >= 15 is 0 Å². The summed E-state index contributed by atoms with van der Waals surface area (Å²) in [5.41, 5.74) is 0.830. The number of aliphatic carboxylic acids is 1. The van der Waals surface area contributed by atoms with Crippen LogP contribution in [-0.2, 0) is 20.9 Å². The SMILES string of the molecule is CC(C)[C@H](NC(=O)OCc1ccccc1)C(=O)N[C@@H](CCCCN(C)C)C(=O)O. The van der Waals surface area contributed by atoms with E-state index < -0.39 is 30.1 Å². The van der Waals surface area contributed by atoms with Crippen molar-refractivity contribution in [1.29, 1.82) is 0 Å². The zero-order valence-corrected chi connectivity index (χ0v) is 17.7. The van der Waals surface area contributed by atoms with Crippen LogP contribution in [-0.4, -0.2) is 60.7 Å². The van der Waals surface area contributed by atoms with Crippen molar-refractivity contribution >= 4 is 18.0 Å². The number of carboxylic acid groups (broad SMARTS) is 1. The third kappa shape index (κ3) is 9.94. The quantitative estimate of drug-likeness (QED) is 0.459. The van der Waals surface area contributed by atoms with Gasteiger partial charge in [-0.25, -0.2) is 9.59 Å². The maximum Gasteiger partial charge on any atom is 0.408 e. The van der Waals surface area contributed by atoms with Gasteiger partial charge in [0.2, 0.25) is 5.91 Å². The van der Waals surface area contributed by atoms with Crippen molar-refractivity contribution in [3.8, 4) is 0 Å². The van der Waals surface area contributed by atoms with Crippen molar-refractivity contribution in [3.05, 3.63) is 35.9 Å². The Balaban J connectivity index is 2.57. The molecule has 0 saturated heterocycles. The first-order valence-electron chi connectivity index (χ1n) is 9.85. The molecule has 0 bridgehead atoms. The lowest BCUT2D eigenvalue weighted by molar-refractivity contribution is -0.142. The monoisotopic (exact) mass is 407 g/mol. The van der Waals surface area contributed by atoms with Gasteiger partial charge >= 0.3 is 12.1 Å². The number of carbonyl (C=O) groups excluding carboxylic acids is 2. The fraction of sp³-hybridized carbons (Fsp3) is 0.571. The highest BCUT2D eigenvalue weighted by molar-refractivity contribution is 5.89. The number of ether oxygens (including phenoxy) is 1. The zero-order valence-electron chi connectivity index (χ0n) is 17.7. The summed E-state index contributed by atoms with van der Waals surface area (Å²) in [6.45, 7) is 4.48. The summed E-state index contributed by atoms with van der Waals surface area (Å²) < 4.78 is 5.16. The van der Waals surface area contributed by atoms with Crippen molar-refractivity contribution in [2.24, 2.45) is 5.92 Å². The second-order valence-electron chi connectivity index (χ2n) is 7.63. The molecule has 0 heterocycles. The van der Waals surface area contributed by atoms with Crippen molar-refractivity contribution < 1.29 is 24.2 Å². The van der Waals surface area contributed by atoms with Gasteiger partial charge in [-0.2, -0.15) is 0 Å². The summed E-state index contributed by atoms with van der Waals surface area (Å²) >= 11 is 0. The molecule has 8 heteroatoms. The number of unbranched alkanes of at least 4 members (excludes halogenated alkanes) is 1. The molecule has 2 atom stereocenters. The predicted molar refractivity (Wildman–Crippen MR) is 110 cm³/mol. The Morgan fingerprint density at radius 2 is 1.72 bits per heavy atom. The third-order valence-electron chi connectivity index (χ3n) is 4.40. The van der Waals surface area contributed by atoms with Gasteiger partial charge in [0.15, 0.2) is 0 Å². The summed E-state index contributed by atoms with van der Waals surface area (Å²) in [6, 6.07) is 7.32. The van der Waals surface area contributed by atoms with E-state index in [0.29, 0.717) is 12.8 Å². The van der Waals surface area contributed by atoms with Crippen molar-refractivity contribution in [2.75, 3.05) is 20.6 Å². The Kier molecular flexibility index (Phi) is 10.8. The zero-order chi connectivity index (χ0) is 21.8. The summed E-state index contributed by atoms with van der Waals surface area (Å²) in [6.07, 6.45) is 1.12. The number of carboxylic acids is 1. The van der Waals surface area contributed by atoms with Crippen LogP contribution in [0.3, 0.4) is 0 Å². The Morgan fingerprint density at radius 1 is 1.07 bits per heavy atom. The number of carbonyl (C=O) groups is 3. The highest BCUT2D eigenvalue weighted by Crippen LogP contribution is 2.07. The normalized spacial score (nSPS) is 13.0. The van der Waals surface area contributed by atoms with Crippen molar-refractivity contribution in [3.63, 3.8) is 0 Å². The van der Waals surface area contributed by atoms with Crippen LogP contribution in [0.4, 0.5) is 4.79 Å². The standard InChI is InChI=1S/C21H33N3O5/c1-15(2)18(23-21(28)29-14-16-10-6-5-7-11-16)19(25)22-17(20(26)27)12-8-9-13-24(3)4/h5-7,10-11,15,17-18H,8-9,12-14H2,1-4H3,(H,22,25)(H,23,28)(H,26,27)/t17-,18-/m0/s1. The minimum atomic E-state index is -1.09. The number of hydrogen-bond donors (Lipinski definition) is 3. The van der Waals surface area contributed by atoms with Gasteiger partial charge in [0.05, 0.1) is 0 Å². The number of hydrogen-bond acceptors (Lipinski definition) is 5. The molecule has 1 aromatic rings. The first-order chi connectivity index (χ1) is 13.7. The maximum absolute atomic E-state index is 12.6. The largest absolute Gasteiger partial charge is 0.480 e. The van der Waals surface area contributed by atoms with E-state index in [0.717, 1.165) is 18.5 Å². The van der Waals surface area contributed by atoms with Crippen LogP contribution in [0.5, 0.6) is 0 Å². The molecule has 0 aliphatic heterocycles. The van der Waals surface area contributed by atoms with E-state index in [2.05, 4.69) is 10.6 Å². The van der Waals surface area contributed by atoms with E-state index in [9.17, 15) is 19.5 Å². The molecule has 1 rings (SSSR count). The van der Waals surface area contributed by atoms with E-state index in [1.54, 1.807) is 13.8 Å². The van der Waals surface area contributed by atoms with Crippen LogP contribution in [0, 0.1) is 5.92 Å². The number of nitrogens with zero attached hydrogens (tertiary/aromatic N) is 1. The van der Waals surface area contributed by atoms with E-state index in [4.69, 9.17) is 4.74 Å². The van der Waals surface area contributed by atoms with Gasteiger partial charge in [0.25, 0.3) is 0 Å². The molecule has 0 aromatic heterocycles. The molecule has 0 radical (unpaired) electrons. The molecular weight excluding hydrogens is 374 g/mol. The second kappa shape index (κ2) is 12.8. The summed E-state index contributed by atoms with van der Waals surface area (Å²) in [7, 11) is 3.90. The minimum absolute atomic E-state index is 0.0860. The molecule has 162 valence electrons. The number of alkyl carbamates (subject to hydrolysis) is 1. The molecule has 29 heavy (non-hydrogen) atoms.